The molecule has 2 N–H and O–H groups in total. The molecule has 0 atom stereocenters. The molecule has 1 amide bonds. The second-order valence-corrected chi connectivity index (χ2v) is 5.88. The van der Waals surface area contributed by atoms with E-state index in [9.17, 15) is 4.79 Å². The summed E-state index contributed by atoms with van der Waals surface area (Å²) in [7, 11) is 1.66. The number of methoxy groups -OCH3 is 1. The second kappa shape index (κ2) is 6.84. The first-order valence-corrected chi connectivity index (χ1v) is 7.95. The summed E-state index contributed by atoms with van der Waals surface area (Å²) in [4.78, 5) is 14.8. The first-order chi connectivity index (χ1) is 11.2. The minimum absolute atomic E-state index is 0.0713. The maximum Gasteiger partial charge on any atom is 0.254 e. The molecule has 2 aromatic rings. The number of hydrogen-bond acceptors (Lipinski definition) is 3. The summed E-state index contributed by atoms with van der Waals surface area (Å²) >= 11 is 0. The molecule has 2 aromatic carbocycles. The minimum atomic E-state index is 0.0713. The summed E-state index contributed by atoms with van der Waals surface area (Å²) in [5.41, 5.74) is 8.40. The summed E-state index contributed by atoms with van der Waals surface area (Å²) in [6.07, 6.45) is 2.14. The van der Waals surface area contributed by atoms with E-state index in [1.807, 2.05) is 53.4 Å². The molecular formula is C19H22N2O2. The van der Waals surface area contributed by atoms with Crippen molar-refractivity contribution < 1.29 is 9.53 Å². The van der Waals surface area contributed by atoms with Crippen molar-refractivity contribution in [1.29, 1.82) is 0 Å². The predicted octanol–water partition coefficient (Wildman–Crippen LogP) is 2.96. The van der Waals surface area contributed by atoms with Crippen LogP contribution in [0.1, 0.15) is 34.3 Å². The van der Waals surface area contributed by atoms with E-state index in [4.69, 9.17) is 10.5 Å². The Balaban J connectivity index is 1.82. The van der Waals surface area contributed by atoms with Crippen LogP contribution in [0.15, 0.2) is 48.5 Å². The molecule has 3 rings (SSSR count). The third-order valence-electron chi connectivity index (χ3n) is 4.22. The molecule has 1 aliphatic carbocycles. The lowest BCUT2D eigenvalue weighted by Gasteiger charge is -2.23. The fraction of sp³-hybridized carbons (Fsp3) is 0.316. The van der Waals surface area contributed by atoms with E-state index in [-0.39, 0.29) is 5.91 Å². The van der Waals surface area contributed by atoms with E-state index in [0.717, 1.165) is 29.7 Å². The Kier molecular flexibility index (Phi) is 4.63. The quantitative estimate of drug-likeness (QED) is 0.892. The second-order valence-electron chi connectivity index (χ2n) is 5.88. The van der Waals surface area contributed by atoms with Gasteiger partial charge >= 0.3 is 0 Å². The van der Waals surface area contributed by atoms with Gasteiger partial charge in [0.25, 0.3) is 5.91 Å². The SMILES string of the molecule is COc1ccccc1CN(C(=O)c1ccc(CN)cc1)C1CC1. The van der Waals surface area contributed by atoms with E-state index in [1.54, 1.807) is 7.11 Å². The zero-order chi connectivity index (χ0) is 16.2. The van der Waals surface area contributed by atoms with Gasteiger partial charge in [0.2, 0.25) is 0 Å². The lowest BCUT2D eigenvalue weighted by Crippen LogP contribution is -2.32. The molecule has 4 heteroatoms. The summed E-state index contributed by atoms with van der Waals surface area (Å²) in [6.45, 7) is 1.06. The molecule has 0 heterocycles. The fourth-order valence-corrected chi connectivity index (χ4v) is 2.72. The number of amides is 1. The number of carbonyl (C=O) groups excluding carboxylic acids is 1. The Hall–Kier alpha value is -2.33. The summed E-state index contributed by atoms with van der Waals surface area (Å²) in [6, 6.07) is 15.8. The summed E-state index contributed by atoms with van der Waals surface area (Å²) < 4.78 is 5.41. The van der Waals surface area contributed by atoms with Gasteiger partial charge in [-0.05, 0) is 36.6 Å². The van der Waals surface area contributed by atoms with Crippen molar-refractivity contribution in [3.05, 3.63) is 65.2 Å². The monoisotopic (exact) mass is 310 g/mol. The highest BCUT2D eigenvalue weighted by Crippen LogP contribution is 2.31. The number of nitrogens with zero attached hydrogens (tertiary/aromatic N) is 1. The number of carbonyl (C=O) groups is 1. The molecule has 0 saturated heterocycles. The molecule has 0 radical (unpaired) electrons. The molecular weight excluding hydrogens is 288 g/mol. The van der Waals surface area contributed by atoms with E-state index in [2.05, 4.69) is 0 Å². The lowest BCUT2D eigenvalue weighted by molar-refractivity contribution is 0.0729. The third kappa shape index (κ3) is 3.54. The van der Waals surface area contributed by atoms with Crippen molar-refractivity contribution in [3.63, 3.8) is 0 Å². The minimum Gasteiger partial charge on any atom is -0.496 e. The van der Waals surface area contributed by atoms with Crippen molar-refractivity contribution in [2.24, 2.45) is 5.73 Å². The standard InChI is InChI=1S/C19H22N2O2/c1-23-18-5-3-2-4-16(18)13-21(17-10-11-17)19(22)15-8-6-14(12-20)7-9-15/h2-9,17H,10-13,20H2,1H3. The average molecular weight is 310 g/mol. The van der Waals surface area contributed by atoms with E-state index in [1.165, 1.54) is 0 Å². The number of ether oxygens (including phenoxy) is 1. The molecule has 1 fully saturated rings. The van der Waals surface area contributed by atoms with Gasteiger partial charge in [-0.3, -0.25) is 4.79 Å². The van der Waals surface area contributed by atoms with Crippen LogP contribution in [0.25, 0.3) is 0 Å². The zero-order valence-electron chi connectivity index (χ0n) is 13.4. The molecule has 120 valence electrons. The van der Waals surface area contributed by atoms with Crippen LogP contribution in [0.4, 0.5) is 0 Å². The maximum atomic E-state index is 12.9. The van der Waals surface area contributed by atoms with Gasteiger partial charge in [-0.15, -0.1) is 0 Å². The highest BCUT2D eigenvalue weighted by Gasteiger charge is 2.33. The molecule has 1 saturated carbocycles. The molecule has 0 unspecified atom stereocenters. The van der Waals surface area contributed by atoms with Crippen LogP contribution in [0.3, 0.4) is 0 Å². The van der Waals surface area contributed by atoms with Crippen LogP contribution in [0.5, 0.6) is 5.75 Å². The number of nitrogens with two attached hydrogens (primary N) is 1. The van der Waals surface area contributed by atoms with Gasteiger partial charge in [0.15, 0.2) is 0 Å². The highest BCUT2D eigenvalue weighted by molar-refractivity contribution is 5.94. The van der Waals surface area contributed by atoms with Crippen LogP contribution in [-0.4, -0.2) is 24.0 Å². The summed E-state index contributed by atoms with van der Waals surface area (Å²) in [5.74, 6) is 0.895. The number of benzene rings is 2. The topological polar surface area (TPSA) is 55.6 Å². The van der Waals surface area contributed by atoms with Gasteiger partial charge in [0.1, 0.15) is 5.75 Å². The van der Waals surface area contributed by atoms with Crippen LogP contribution >= 0.6 is 0 Å². The highest BCUT2D eigenvalue weighted by atomic mass is 16.5. The van der Waals surface area contributed by atoms with Gasteiger partial charge in [-0.2, -0.15) is 0 Å². The molecule has 1 aliphatic rings. The molecule has 0 aromatic heterocycles. The fourth-order valence-electron chi connectivity index (χ4n) is 2.72. The van der Waals surface area contributed by atoms with Gasteiger partial charge in [0.05, 0.1) is 7.11 Å². The smallest absolute Gasteiger partial charge is 0.254 e. The average Bonchev–Trinajstić information content (AvgIpc) is 3.44. The van der Waals surface area contributed by atoms with Gasteiger partial charge in [-0.25, -0.2) is 0 Å². The number of rotatable bonds is 6. The predicted molar refractivity (Wildman–Crippen MR) is 90.2 cm³/mol. The van der Waals surface area contributed by atoms with Crippen LogP contribution < -0.4 is 10.5 Å². The van der Waals surface area contributed by atoms with Crippen LogP contribution in [0, 0.1) is 0 Å². The maximum absolute atomic E-state index is 12.9. The van der Waals surface area contributed by atoms with E-state index < -0.39 is 0 Å². The first-order valence-electron chi connectivity index (χ1n) is 7.95. The van der Waals surface area contributed by atoms with Gasteiger partial charge in [0, 0.05) is 30.3 Å². The van der Waals surface area contributed by atoms with Crippen molar-refractivity contribution in [3.8, 4) is 5.75 Å². The van der Waals surface area contributed by atoms with Crippen molar-refractivity contribution in [2.75, 3.05) is 7.11 Å². The van der Waals surface area contributed by atoms with Gasteiger partial charge in [-0.1, -0.05) is 30.3 Å². The van der Waals surface area contributed by atoms with Crippen molar-refractivity contribution in [2.45, 2.75) is 32.0 Å². The normalized spacial score (nSPS) is 13.7. The molecule has 4 nitrogen and oxygen atoms in total. The Labute approximate surface area is 136 Å². The molecule has 23 heavy (non-hydrogen) atoms. The first kappa shape index (κ1) is 15.6. The zero-order valence-corrected chi connectivity index (χ0v) is 13.4. The van der Waals surface area contributed by atoms with Crippen LogP contribution in [-0.2, 0) is 13.1 Å². The van der Waals surface area contributed by atoms with Crippen molar-refractivity contribution in [1.82, 2.24) is 4.90 Å². The Morgan fingerprint density at radius 2 is 1.87 bits per heavy atom. The Morgan fingerprint density at radius 1 is 1.17 bits per heavy atom. The van der Waals surface area contributed by atoms with Crippen LogP contribution in [0.2, 0.25) is 0 Å². The molecule has 0 aliphatic heterocycles. The summed E-state index contributed by atoms with van der Waals surface area (Å²) in [5, 5.41) is 0. The molecule has 0 bridgehead atoms. The number of hydrogen-bond donors (Lipinski definition) is 1. The van der Waals surface area contributed by atoms with E-state index in [0.29, 0.717) is 24.7 Å². The Bertz CT molecular complexity index is 678. The largest absolute Gasteiger partial charge is 0.496 e. The Morgan fingerprint density at radius 3 is 2.48 bits per heavy atom. The van der Waals surface area contributed by atoms with Crippen molar-refractivity contribution >= 4 is 5.91 Å². The molecule has 0 spiro atoms. The van der Waals surface area contributed by atoms with Gasteiger partial charge < -0.3 is 15.4 Å². The van der Waals surface area contributed by atoms with E-state index >= 15 is 0 Å². The number of para-hydroxylation sites is 1. The lowest BCUT2D eigenvalue weighted by atomic mass is 10.1. The third-order valence-corrected chi connectivity index (χ3v) is 4.22.